The van der Waals surface area contributed by atoms with Gasteiger partial charge in [-0.05, 0) is 6.42 Å². The molecule has 0 atom stereocenters. The highest BCUT2D eigenvalue weighted by Gasteiger charge is 2.08. The van der Waals surface area contributed by atoms with Crippen LogP contribution >= 0.6 is 11.3 Å². The highest BCUT2D eigenvalue weighted by atomic mass is 32.1. The first kappa shape index (κ1) is 13.1. The van der Waals surface area contributed by atoms with Crippen LogP contribution in [-0.4, -0.2) is 34.7 Å². The molecule has 0 amide bonds. The second-order valence-corrected chi connectivity index (χ2v) is 3.83. The number of aromatic nitrogens is 1. The molecule has 0 unspecified atom stereocenters. The molecule has 1 rings (SSSR count). The molecule has 0 spiro atoms. The fraction of sp³-hybridized carbons (Fsp3) is 0.333. The number of hydrogen-bond acceptors (Lipinski definition) is 7. The molecule has 0 saturated carbocycles. The van der Waals surface area contributed by atoms with Crippen molar-refractivity contribution in [1.82, 2.24) is 4.98 Å². The fourth-order valence-electron chi connectivity index (χ4n) is 0.912. The lowest BCUT2D eigenvalue weighted by atomic mass is 10.3. The Kier molecular flexibility index (Phi) is 5.08. The van der Waals surface area contributed by atoms with E-state index in [0.29, 0.717) is 17.2 Å². The van der Waals surface area contributed by atoms with Crippen LogP contribution in [0.25, 0.3) is 0 Å². The molecule has 0 aliphatic heterocycles. The molecule has 0 fully saturated rings. The molecule has 0 bridgehead atoms. The monoisotopic (exact) mass is 256 g/mol. The van der Waals surface area contributed by atoms with Crippen molar-refractivity contribution in [2.45, 2.75) is 12.8 Å². The van der Waals surface area contributed by atoms with Gasteiger partial charge in [-0.25, -0.2) is 4.98 Å². The molecule has 17 heavy (non-hydrogen) atoms. The number of carbonyl (C=O) groups is 1. The van der Waals surface area contributed by atoms with Crippen molar-refractivity contribution in [2.75, 3.05) is 12.3 Å². The number of nitrogens with zero attached hydrogens (tertiary/aromatic N) is 2. The smallest absolute Gasteiger partial charge is 0.303 e. The van der Waals surface area contributed by atoms with E-state index in [1.807, 2.05) is 0 Å². The summed E-state index contributed by atoms with van der Waals surface area (Å²) in [5, 5.41) is 13.8. The van der Waals surface area contributed by atoms with Crippen LogP contribution < -0.4 is 5.73 Å². The maximum Gasteiger partial charge on any atom is 0.303 e. The van der Waals surface area contributed by atoms with Gasteiger partial charge in [-0.2, -0.15) is 0 Å². The average Bonchev–Trinajstić information content (AvgIpc) is 2.70. The van der Waals surface area contributed by atoms with Crippen LogP contribution in [0.15, 0.2) is 10.5 Å². The highest BCUT2D eigenvalue weighted by molar-refractivity contribution is 7.13. The van der Waals surface area contributed by atoms with Gasteiger partial charge < -0.3 is 15.7 Å². The number of nitrogen functional groups attached to an aromatic ring is 1. The standard InChI is InChI=1S/C9H10N3O4S/c10-9-11-7(5-17-9)6(4-13)12-16-3-1-2-8(14)15/h5H,1-3H2,(H2,10,11)(H,14,15)/b12-6+. The Morgan fingerprint density at radius 1 is 1.71 bits per heavy atom. The number of carboxylic acid groups (broad SMARTS) is 1. The molecule has 8 heteroatoms. The molecule has 7 nitrogen and oxygen atoms in total. The zero-order chi connectivity index (χ0) is 12.7. The van der Waals surface area contributed by atoms with E-state index in [1.165, 1.54) is 11.3 Å². The lowest BCUT2D eigenvalue weighted by Gasteiger charge is -1.97. The SMILES string of the molecule is Nc1nc(/C([C]=O)=N/OCCCC(=O)O)cs1. The van der Waals surface area contributed by atoms with Crippen LogP contribution in [-0.2, 0) is 14.4 Å². The summed E-state index contributed by atoms with van der Waals surface area (Å²) in [6.07, 6.45) is 1.87. The molecule has 1 aromatic heterocycles. The Balaban J connectivity index is 2.45. The van der Waals surface area contributed by atoms with Crippen LogP contribution in [0.3, 0.4) is 0 Å². The van der Waals surface area contributed by atoms with Crippen molar-refractivity contribution >= 4 is 34.4 Å². The van der Waals surface area contributed by atoms with E-state index in [2.05, 4.69) is 10.1 Å². The first-order valence-electron chi connectivity index (χ1n) is 4.64. The normalized spacial score (nSPS) is 11.2. The van der Waals surface area contributed by atoms with Crippen LogP contribution in [0.1, 0.15) is 18.5 Å². The summed E-state index contributed by atoms with van der Waals surface area (Å²) in [7, 11) is 0. The lowest BCUT2D eigenvalue weighted by Crippen LogP contribution is -2.05. The zero-order valence-corrected chi connectivity index (χ0v) is 9.57. The van der Waals surface area contributed by atoms with Gasteiger partial charge in [0.1, 0.15) is 12.3 Å². The summed E-state index contributed by atoms with van der Waals surface area (Å²) in [6.45, 7) is 0.108. The molecule has 0 saturated heterocycles. The van der Waals surface area contributed by atoms with Crippen LogP contribution in [0.4, 0.5) is 5.13 Å². The number of carbonyl (C=O) groups excluding carboxylic acids is 1. The van der Waals surface area contributed by atoms with Gasteiger partial charge in [-0.3, -0.25) is 9.59 Å². The van der Waals surface area contributed by atoms with Gasteiger partial charge in [0, 0.05) is 11.8 Å². The van der Waals surface area contributed by atoms with Crippen LogP contribution in [0.5, 0.6) is 0 Å². The minimum atomic E-state index is -0.910. The molecule has 0 aliphatic carbocycles. The Bertz CT molecular complexity index is 430. The summed E-state index contributed by atoms with van der Waals surface area (Å²) in [5.41, 5.74) is 5.60. The third-order valence-corrected chi connectivity index (χ3v) is 2.32. The van der Waals surface area contributed by atoms with Gasteiger partial charge in [0.15, 0.2) is 10.8 Å². The second kappa shape index (κ2) is 6.59. The second-order valence-electron chi connectivity index (χ2n) is 2.94. The van der Waals surface area contributed by atoms with Gasteiger partial charge in [-0.15, -0.1) is 11.3 Å². The molecule has 3 N–H and O–H groups in total. The van der Waals surface area contributed by atoms with Gasteiger partial charge in [-0.1, -0.05) is 5.16 Å². The quantitative estimate of drug-likeness (QED) is 0.415. The molecule has 1 radical (unpaired) electrons. The Morgan fingerprint density at radius 3 is 3.00 bits per heavy atom. The third kappa shape index (κ3) is 4.60. The third-order valence-electron chi connectivity index (χ3n) is 1.64. The van der Waals surface area contributed by atoms with E-state index in [4.69, 9.17) is 15.7 Å². The molecule has 1 heterocycles. The van der Waals surface area contributed by atoms with Gasteiger partial charge in [0.25, 0.3) is 6.29 Å². The summed E-state index contributed by atoms with van der Waals surface area (Å²) in [5.74, 6) is -0.910. The predicted octanol–water partition coefficient (Wildman–Crippen LogP) is 0.420. The van der Waals surface area contributed by atoms with Crippen molar-refractivity contribution in [2.24, 2.45) is 5.16 Å². The summed E-state index contributed by atoms with van der Waals surface area (Å²) < 4.78 is 0. The van der Waals surface area contributed by atoms with Crippen molar-refractivity contribution in [1.29, 1.82) is 0 Å². The van der Waals surface area contributed by atoms with Crippen molar-refractivity contribution in [3.8, 4) is 0 Å². The molecule has 1 aromatic rings. The van der Waals surface area contributed by atoms with E-state index < -0.39 is 5.97 Å². The molecular weight excluding hydrogens is 246 g/mol. The predicted molar refractivity (Wildman–Crippen MR) is 61.6 cm³/mol. The van der Waals surface area contributed by atoms with Crippen molar-refractivity contribution in [3.05, 3.63) is 11.1 Å². The minimum absolute atomic E-state index is 0.0146. The zero-order valence-electron chi connectivity index (χ0n) is 8.75. The minimum Gasteiger partial charge on any atom is -0.481 e. The number of aliphatic carboxylic acids is 1. The van der Waals surface area contributed by atoms with Crippen LogP contribution in [0, 0.1) is 0 Å². The van der Waals surface area contributed by atoms with Gasteiger partial charge in [0.05, 0.1) is 0 Å². The fourth-order valence-corrected chi connectivity index (χ4v) is 1.46. The Morgan fingerprint density at radius 2 is 2.47 bits per heavy atom. The van der Waals surface area contributed by atoms with E-state index in [-0.39, 0.29) is 18.7 Å². The Labute approximate surface area is 101 Å². The maximum absolute atomic E-state index is 10.6. The summed E-state index contributed by atoms with van der Waals surface area (Å²) in [6, 6.07) is 0. The van der Waals surface area contributed by atoms with Gasteiger partial charge >= 0.3 is 5.97 Å². The number of thiazole rings is 1. The van der Waals surface area contributed by atoms with E-state index in [0.717, 1.165) is 0 Å². The highest BCUT2D eigenvalue weighted by Crippen LogP contribution is 2.11. The van der Waals surface area contributed by atoms with Gasteiger partial charge in [0.2, 0.25) is 0 Å². The van der Waals surface area contributed by atoms with E-state index in [1.54, 1.807) is 11.7 Å². The largest absolute Gasteiger partial charge is 0.481 e. The Hall–Kier alpha value is -1.96. The number of nitrogens with two attached hydrogens (primary N) is 1. The van der Waals surface area contributed by atoms with Crippen molar-refractivity contribution in [3.63, 3.8) is 0 Å². The lowest BCUT2D eigenvalue weighted by molar-refractivity contribution is -0.137. The first-order chi connectivity index (χ1) is 8.13. The van der Waals surface area contributed by atoms with E-state index >= 15 is 0 Å². The molecular formula is C9H10N3O4S. The number of carboxylic acids is 1. The topological polar surface area (TPSA) is 115 Å². The van der Waals surface area contributed by atoms with Crippen molar-refractivity contribution < 1.29 is 19.5 Å². The molecule has 0 aliphatic rings. The van der Waals surface area contributed by atoms with Crippen LogP contribution in [0.2, 0.25) is 0 Å². The maximum atomic E-state index is 10.6. The summed E-state index contributed by atoms with van der Waals surface area (Å²) in [4.78, 5) is 29.4. The summed E-state index contributed by atoms with van der Waals surface area (Å²) >= 11 is 1.17. The molecule has 91 valence electrons. The number of hydrogen-bond donors (Lipinski definition) is 2. The number of anilines is 1. The van der Waals surface area contributed by atoms with E-state index in [9.17, 15) is 9.59 Å². The average molecular weight is 256 g/mol. The molecule has 0 aromatic carbocycles. The number of rotatable bonds is 7. The first-order valence-corrected chi connectivity index (χ1v) is 5.52. The number of oxime groups is 1.